The van der Waals surface area contributed by atoms with E-state index in [4.69, 9.17) is 4.74 Å². The molecule has 0 amide bonds. The van der Waals surface area contributed by atoms with E-state index in [1.807, 2.05) is 20.2 Å². The molecular weight excluding hydrogens is 228 g/mol. The quantitative estimate of drug-likeness (QED) is 0.837. The fourth-order valence-electron chi connectivity index (χ4n) is 2.35. The van der Waals surface area contributed by atoms with Crippen molar-refractivity contribution in [3.05, 3.63) is 11.8 Å². The van der Waals surface area contributed by atoms with Crippen molar-refractivity contribution in [1.82, 2.24) is 9.97 Å². The summed E-state index contributed by atoms with van der Waals surface area (Å²) in [6.45, 7) is 6.00. The molecule has 0 aromatic carbocycles. The van der Waals surface area contributed by atoms with Crippen LogP contribution >= 0.6 is 0 Å². The molecule has 2 heterocycles. The third-order valence-corrected chi connectivity index (χ3v) is 3.48. The first kappa shape index (κ1) is 13.1. The molecule has 0 saturated carbocycles. The van der Waals surface area contributed by atoms with Gasteiger partial charge in [-0.2, -0.15) is 4.98 Å². The molecule has 2 N–H and O–H groups in total. The van der Waals surface area contributed by atoms with Crippen LogP contribution < -0.4 is 10.6 Å². The number of nitrogens with one attached hydrogen (secondary N) is 2. The smallest absolute Gasteiger partial charge is 0.224 e. The molecule has 5 nitrogen and oxygen atoms in total. The molecule has 5 heteroatoms. The van der Waals surface area contributed by atoms with Crippen molar-refractivity contribution in [2.24, 2.45) is 5.92 Å². The van der Waals surface area contributed by atoms with E-state index in [0.717, 1.165) is 37.4 Å². The van der Waals surface area contributed by atoms with E-state index in [9.17, 15) is 0 Å². The fourth-order valence-corrected chi connectivity index (χ4v) is 2.35. The molecule has 1 aliphatic heterocycles. The van der Waals surface area contributed by atoms with E-state index < -0.39 is 0 Å². The fraction of sp³-hybridized carbons (Fsp3) is 0.692. The summed E-state index contributed by atoms with van der Waals surface area (Å²) < 4.78 is 5.69. The summed E-state index contributed by atoms with van der Waals surface area (Å²) in [5.41, 5.74) is 1.07. The van der Waals surface area contributed by atoms with Gasteiger partial charge in [0.25, 0.3) is 0 Å². The van der Waals surface area contributed by atoms with Gasteiger partial charge in [0.15, 0.2) is 0 Å². The second-order valence-electron chi connectivity index (χ2n) is 4.72. The highest BCUT2D eigenvalue weighted by Crippen LogP contribution is 2.24. The van der Waals surface area contributed by atoms with E-state index in [0.29, 0.717) is 18.0 Å². The minimum Gasteiger partial charge on any atom is -0.378 e. The summed E-state index contributed by atoms with van der Waals surface area (Å²) in [7, 11) is 1.83. The van der Waals surface area contributed by atoms with Gasteiger partial charge in [-0.1, -0.05) is 6.92 Å². The standard InChI is InChI=1S/C13H22N4O/c1-4-11-10(5-6-18-11)8-15-12-9(2)7-16-13(14-3)17-12/h7,10-11H,4-6,8H2,1-3H3,(H2,14,15,16,17). The van der Waals surface area contributed by atoms with Crippen molar-refractivity contribution in [1.29, 1.82) is 0 Å². The highest BCUT2D eigenvalue weighted by Gasteiger charge is 2.26. The maximum atomic E-state index is 5.69. The van der Waals surface area contributed by atoms with Gasteiger partial charge in [-0.25, -0.2) is 4.98 Å². The molecule has 0 aliphatic carbocycles. The Bertz CT molecular complexity index is 397. The van der Waals surface area contributed by atoms with Crippen LogP contribution in [-0.2, 0) is 4.74 Å². The molecule has 1 saturated heterocycles. The maximum absolute atomic E-state index is 5.69. The number of aromatic nitrogens is 2. The summed E-state index contributed by atoms with van der Waals surface area (Å²) in [5.74, 6) is 2.15. The SMILES string of the molecule is CCC1OCCC1CNc1nc(NC)ncc1C. The van der Waals surface area contributed by atoms with Crippen LogP contribution in [0.2, 0.25) is 0 Å². The van der Waals surface area contributed by atoms with Gasteiger partial charge in [-0.15, -0.1) is 0 Å². The highest BCUT2D eigenvalue weighted by molar-refractivity contribution is 5.46. The summed E-state index contributed by atoms with van der Waals surface area (Å²) in [6.07, 6.45) is 4.44. The molecule has 1 aliphatic rings. The van der Waals surface area contributed by atoms with Crippen LogP contribution in [0.5, 0.6) is 0 Å². The summed E-state index contributed by atoms with van der Waals surface area (Å²) in [4.78, 5) is 8.61. The number of rotatable bonds is 5. The lowest BCUT2D eigenvalue weighted by molar-refractivity contribution is 0.0900. The Hall–Kier alpha value is -1.36. The van der Waals surface area contributed by atoms with Crippen LogP contribution in [0.15, 0.2) is 6.20 Å². The zero-order valence-corrected chi connectivity index (χ0v) is 11.4. The lowest BCUT2D eigenvalue weighted by atomic mass is 10.00. The Balaban J connectivity index is 1.97. The van der Waals surface area contributed by atoms with Gasteiger partial charge < -0.3 is 15.4 Å². The summed E-state index contributed by atoms with van der Waals surface area (Å²) in [5, 5.41) is 6.38. The minimum absolute atomic E-state index is 0.392. The molecule has 1 aromatic heterocycles. The molecule has 0 bridgehead atoms. The molecule has 1 fully saturated rings. The Labute approximate surface area is 108 Å². The predicted molar refractivity (Wildman–Crippen MR) is 72.9 cm³/mol. The molecule has 2 unspecified atom stereocenters. The molecule has 2 atom stereocenters. The van der Waals surface area contributed by atoms with E-state index in [2.05, 4.69) is 27.5 Å². The van der Waals surface area contributed by atoms with Gasteiger partial charge in [-0.05, 0) is 19.8 Å². The third kappa shape index (κ3) is 2.90. The highest BCUT2D eigenvalue weighted by atomic mass is 16.5. The topological polar surface area (TPSA) is 59.1 Å². The van der Waals surface area contributed by atoms with Crippen LogP contribution in [0.25, 0.3) is 0 Å². The summed E-state index contributed by atoms with van der Waals surface area (Å²) in [6, 6.07) is 0. The van der Waals surface area contributed by atoms with Gasteiger partial charge in [0.2, 0.25) is 5.95 Å². The van der Waals surface area contributed by atoms with Crippen molar-refractivity contribution >= 4 is 11.8 Å². The van der Waals surface area contributed by atoms with Gasteiger partial charge >= 0.3 is 0 Å². The van der Waals surface area contributed by atoms with Crippen molar-refractivity contribution in [3.63, 3.8) is 0 Å². The van der Waals surface area contributed by atoms with Crippen molar-refractivity contribution in [2.45, 2.75) is 32.8 Å². The van der Waals surface area contributed by atoms with Crippen LogP contribution in [0.4, 0.5) is 11.8 Å². The zero-order chi connectivity index (χ0) is 13.0. The second-order valence-corrected chi connectivity index (χ2v) is 4.72. The molecule has 0 spiro atoms. The Morgan fingerprint density at radius 1 is 1.50 bits per heavy atom. The van der Waals surface area contributed by atoms with E-state index in [-0.39, 0.29) is 0 Å². The minimum atomic E-state index is 0.392. The molecule has 100 valence electrons. The van der Waals surface area contributed by atoms with Crippen molar-refractivity contribution < 1.29 is 4.74 Å². The van der Waals surface area contributed by atoms with E-state index >= 15 is 0 Å². The molecular formula is C13H22N4O. The van der Waals surface area contributed by atoms with Gasteiger partial charge in [0.1, 0.15) is 5.82 Å². The van der Waals surface area contributed by atoms with E-state index in [1.54, 1.807) is 0 Å². The molecule has 1 aromatic rings. The Kier molecular flexibility index (Phi) is 4.36. The normalized spacial score (nSPS) is 23.1. The number of ether oxygens (including phenoxy) is 1. The van der Waals surface area contributed by atoms with Gasteiger partial charge in [-0.3, -0.25) is 0 Å². The Morgan fingerprint density at radius 2 is 2.33 bits per heavy atom. The number of hydrogen-bond acceptors (Lipinski definition) is 5. The zero-order valence-electron chi connectivity index (χ0n) is 11.4. The van der Waals surface area contributed by atoms with Crippen LogP contribution in [0, 0.1) is 12.8 Å². The molecule has 2 rings (SSSR count). The number of anilines is 2. The van der Waals surface area contributed by atoms with Crippen LogP contribution in [-0.4, -0.2) is 36.3 Å². The second kappa shape index (κ2) is 6.00. The van der Waals surface area contributed by atoms with Gasteiger partial charge in [0, 0.05) is 37.9 Å². The average Bonchev–Trinajstić information content (AvgIpc) is 2.85. The summed E-state index contributed by atoms with van der Waals surface area (Å²) >= 11 is 0. The number of hydrogen-bond donors (Lipinski definition) is 2. The predicted octanol–water partition coefficient (Wildman–Crippen LogP) is 2.05. The first-order valence-corrected chi connectivity index (χ1v) is 6.61. The lowest BCUT2D eigenvalue weighted by Crippen LogP contribution is -2.23. The largest absolute Gasteiger partial charge is 0.378 e. The first-order chi connectivity index (χ1) is 8.74. The molecule has 0 radical (unpaired) electrons. The van der Waals surface area contributed by atoms with Crippen LogP contribution in [0.3, 0.4) is 0 Å². The van der Waals surface area contributed by atoms with Gasteiger partial charge in [0.05, 0.1) is 6.10 Å². The average molecular weight is 250 g/mol. The maximum Gasteiger partial charge on any atom is 0.224 e. The first-order valence-electron chi connectivity index (χ1n) is 6.61. The number of nitrogens with zero attached hydrogens (tertiary/aromatic N) is 2. The third-order valence-electron chi connectivity index (χ3n) is 3.48. The van der Waals surface area contributed by atoms with Crippen molar-refractivity contribution in [3.8, 4) is 0 Å². The number of aryl methyl sites for hydroxylation is 1. The lowest BCUT2D eigenvalue weighted by Gasteiger charge is -2.18. The van der Waals surface area contributed by atoms with E-state index in [1.165, 1.54) is 0 Å². The monoisotopic (exact) mass is 250 g/mol. The molecule has 18 heavy (non-hydrogen) atoms. The Morgan fingerprint density at radius 3 is 3.06 bits per heavy atom. The van der Waals surface area contributed by atoms with Crippen molar-refractivity contribution in [2.75, 3.05) is 30.8 Å². The van der Waals surface area contributed by atoms with Crippen LogP contribution in [0.1, 0.15) is 25.3 Å².